The van der Waals surface area contributed by atoms with Crippen LogP contribution in [0.3, 0.4) is 0 Å². The molecular weight excluding hydrogens is 256 g/mol. The van der Waals surface area contributed by atoms with E-state index in [0.717, 1.165) is 0 Å². The minimum atomic E-state index is -0.661. The van der Waals surface area contributed by atoms with Gasteiger partial charge in [-0.05, 0) is 25.1 Å². The average Bonchev–Trinajstić information content (AvgIpc) is 2.81. The van der Waals surface area contributed by atoms with Gasteiger partial charge in [0.1, 0.15) is 18.4 Å². The van der Waals surface area contributed by atoms with Gasteiger partial charge in [-0.2, -0.15) is 0 Å². The highest BCUT2D eigenvalue weighted by Gasteiger charge is 2.14. The van der Waals surface area contributed by atoms with Crippen LogP contribution in [0, 0.1) is 0 Å². The van der Waals surface area contributed by atoms with E-state index < -0.39 is 6.10 Å². The second-order valence-electron chi connectivity index (χ2n) is 3.56. The summed E-state index contributed by atoms with van der Waals surface area (Å²) < 4.78 is 6.80. The lowest BCUT2D eigenvalue weighted by Gasteiger charge is -2.14. The molecule has 2 aromatic rings. The summed E-state index contributed by atoms with van der Waals surface area (Å²) in [5, 5.41) is 7.69. The third-order valence-electron chi connectivity index (χ3n) is 2.14. The predicted molar refractivity (Wildman–Crippen MR) is 65.9 cm³/mol. The standard InChI is InChI=1S/C11H11ClN4O2/c1-8(11(17)15-16-6-13-14-7-16)18-10-4-2-3-9(12)5-10/h2-8H,1H3,(H,15,17). The van der Waals surface area contributed by atoms with Gasteiger partial charge in [-0.1, -0.05) is 17.7 Å². The third kappa shape index (κ3) is 3.21. The van der Waals surface area contributed by atoms with Gasteiger partial charge in [0, 0.05) is 5.02 Å². The molecular formula is C11H11ClN4O2. The van der Waals surface area contributed by atoms with E-state index in [9.17, 15) is 4.79 Å². The zero-order chi connectivity index (χ0) is 13.0. The molecule has 0 aliphatic carbocycles. The number of nitrogens with zero attached hydrogens (tertiary/aromatic N) is 3. The fourth-order valence-corrected chi connectivity index (χ4v) is 1.45. The smallest absolute Gasteiger partial charge is 0.279 e. The first kappa shape index (κ1) is 12.4. The second-order valence-corrected chi connectivity index (χ2v) is 4.00. The van der Waals surface area contributed by atoms with Crippen molar-refractivity contribution in [2.24, 2.45) is 0 Å². The fourth-order valence-electron chi connectivity index (χ4n) is 1.27. The summed E-state index contributed by atoms with van der Waals surface area (Å²) in [6, 6.07) is 6.86. The minimum Gasteiger partial charge on any atom is -0.481 e. The first-order chi connectivity index (χ1) is 8.65. The lowest BCUT2D eigenvalue weighted by Crippen LogP contribution is -2.34. The molecule has 0 fully saturated rings. The van der Waals surface area contributed by atoms with E-state index in [1.54, 1.807) is 31.2 Å². The minimum absolute atomic E-state index is 0.310. The molecule has 0 aliphatic heterocycles. The highest BCUT2D eigenvalue weighted by molar-refractivity contribution is 6.30. The molecule has 1 aromatic carbocycles. The lowest BCUT2D eigenvalue weighted by atomic mass is 10.3. The molecule has 7 heteroatoms. The number of hydrogen-bond donors (Lipinski definition) is 1. The molecule has 0 aliphatic rings. The van der Waals surface area contributed by atoms with Crippen molar-refractivity contribution < 1.29 is 9.53 Å². The molecule has 6 nitrogen and oxygen atoms in total. The first-order valence-corrected chi connectivity index (χ1v) is 5.60. The molecule has 0 radical (unpaired) electrons. The predicted octanol–water partition coefficient (Wildman–Crippen LogP) is 1.47. The van der Waals surface area contributed by atoms with Gasteiger partial charge in [0.2, 0.25) is 0 Å². The molecule has 0 saturated heterocycles. The van der Waals surface area contributed by atoms with E-state index in [0.29, 0.717) is 10.8 Å². The van der Waals surface area contributed by atoms with Gasteiger partial charge in [-0.15, -0.1) is 10.2 Å². The Kier molecular flexibility index (Phi) is 3.78. The van der Waals surface area contributed by atoms with Gasteiger partial charge in [-0.3, -0.25) is 10.2 Å². The molecule has 0 saturated carbocycles. The van der Waals surface area contributed by atoms with Crippen LogP contribution in [0.5, 0.6) is 5.75 Å². The summed E-state index contributed by atoms with van der Waals surface area (Å²) >= 11 is 5.82. The molecule has 1 amide bonds. The SMILES string of the molecule is CC(Oc1cccc(Cl)c1)C(=O)Nn1cnnc1. The topological polar surface area (TPSA) is 69.0 Å². The number of ether oxygens (including phenoxy) is 1. The Labute approximate surface area is 109 Å². The summed E-state index contributed by atoms with van der Waals surface area (Å²) in [5.74, 6) is 0.226. The van der Waals surface area contributed by atoms with Gasteiger partial charge >= 0.3 is 0 Å². The molecule has 1 unspecified atom stereocenters. The Morgan fingerprint density at radius 2 is 2.17 bits per heavy atom. The van der Waals surface area contributed by atoms with Crippen molar-refractivity contribution in [2.45, 2.75) is 13.0 Å². The number of nitrogens with one attached hydrogen (secondary N) is 1. The number of rotatable bonds is 4. The van der Waals surface area contributed by atoms with Crippen LogP contribution in [0.15, 0.2) is 36.9 Å². The van der Waals surface area contributed by atoms with Crippen LogP contribution in [-0.2, 0) is 4.79 Å². The van der Waals surface area contributed by atoms with Crippen LogP contribution < -0.4 is 10.2 Å². The Balaban J connectivity index is 1.95. The zero-order valence-electron chi connectivity index (χ0n) is 9.58. The van der Waals surface area contributed by atoms with Gasteiger partial charge in [-0.25, -0.2) is 4.68 Å². The van der Waals surface area contributed by atoms with Crippen LogP contribution >= 0.6 is 11.6 Å². The summed E-state index contributed by atoms with van der Waals surface area (Å²) in [6.45, 7) is 1.64. The number of benzene rings is 1. The van der Waals surface area contributed by atoms with Crippen LogP contribution in [0.1, 0.15) is 6.92 Å². The van der Waals surface area contributed by atoms with Crippen molar-refractivity contribution in [1.29, 1.82) is 0 Å². The average molecular weight is 267 g/mol. The van der Waals surface area contributed by atoms with Gasteiger partial charge in [0.25, 0.3) is 5.91 Å². The number of carbonyl (C=O) groups is 1. The normalized spacial score (nSPS) is 11.9. The van der Waals surface area contributed by atoms with Crippen LogP contribution in [0.2, 0.25) is 5.02 Å². The van der Waals surface area contributed by atoms with E-state index >= 15 is 0 Å². The second kappa shape index (κ2) is 5.50. The maximum absolute atomic E-state index is 11.8. The Morgan fingerprint density at radius 3 is 2.83 bits per heavy atom. The lowest BCUT2D eigenvalue weighted by molar-refractivity contribution is -0.123. The Morgan fingerprint density at radius 1 is 1.44 bits per heavy atom. The van der Waals surface area contributed by atoms with E-state index in [1.807, 2.05) is 0 Å². The Hall–Kier alpha value is -2.08. The molecule has 1 atom stereocenters. The van der Waals surface area contributed by atoms with Crippen molar-refractivity contribution in [1.82, 2.24) is 14.9 Å². The molecule has 1 N–H and O–H groups in total. The Bertz CT molecular complexity index is 530. The summed E-state index contributed by atoms with van der Waals surface area (Å²) in [7, 11) is 0. The van der Waals surface area contributed by atoms with Crippen LogP contribution in [-0.4, -0.2) is 26.9 Å². The molecule has 1 heterocycles. The van der Waals surface area contributed by atoms with Crippen molar-refractivity contribution in [3.63, 3.8) is 0 Å². The van der Waals surface area contributed by atoms with Crippen molar-refractivity contribution >= 4 is 17.5 Å². The van der Waals surface area contributed by atoms with Crippen molar-refractivity contribution in [3.05, 3.63) is 41.9 Å². The van der Waals surface area contributed by atoms with Crippen LogP contribution in [0.4, 0.5) is 0 Å². The fraction of sp³-hybridized carbons (Fsp3) is 0.182. The monoisotopic (exact) mass is 266 g/mol. The summed E-state index contributed by atoms with van der Waals surface area (Å²) in [4.78, 5) is 11.8. The van der Waals surface area contributed by atoms with E-state index in [-0.39, 0.29) is 5.91 Å². The van der Waals surface area contributed by atoms with Gasteiger partial charge in [0.15, 0.2) is 6.10 Å². The molecule has 0 spiro atoms. The number of amides is 1. The quantitative estimate of drug-likeness (QED) is 0.910. The highest BCUT2D eigenvalue weighted by atomic mass is 35.5. The molecule has 94 valence electrons. The number of aromatic nitrogens is 3. The highest BCUT2D eigenvalue weighted by Crippen LogP contribution is 2.18. The maximum atomic E-state index is 11.8. The van der Waals surface area contributed by atoms with Crippen LogP contribution in [0.25, 0.3) is 0 Å². The first-order valence-electron chi connectivity index (χ1n) is 5.23. The number of carbonyl (C=O) groups excluding carboxylic acids is 1. The van der Waals surface area contributed by atoms with Gasteiger partial charge in [0.05, 0.1) is 0 Å². The van der Waals surface area contributed by atoms with E-state index in [4.69, 9.17) is 16.3 Å². The number of hydrogen-bond acceptors (Lipinski definition) is 4. The third-order valence-corrected chi connectivity index (χ3v) is 2.37. The zero-order valence-corrected chi connectivity index (χ0v) is 10.3. The maximum Gasteiger partial charge on any atom is 0.279 e. The molecule has 2 rings (SSSR count). The number of halogens is 1. The van der Waals surface area contributed by atoms with Gasteiger partial charge < -0.3 is 4.74 Å². The van der Waals surface area contributed by atoms with E-state index in [2.05, 4.69) is 15.6 Å². The van der Waals surface area contributed by atoms with Crippen molar-refractivity contribution in [3.8, 4) is 5.75 Å². The van der Waals surface area contributed by atoms with E-state index in [1.165, 1.54) is 17.3 Å². The largest absolute Gasteiger partial charge is 0.481 e. The summed E-state index contributed by atoms with van der Waals surface area (Å²) in [6.07, 6.45) is 2.10. The molecule has 1 aromatic heterocycles. The molecule has 0 bridgehead atoms. The van der Waals surface area contributed by atoms with Crippen molar-refractivity contribution in [2.75, 3.05) is 5.43 Å². The molecule has 18 heavy (non-hydrogen) atoms. The summed E-state index contributed by atoms with van der Waals surface area (Å²) in [5.41, 5.74) is 2.55.